The number of carbonyl (C=O) groups is 3. The molecule has 3 N–H and O–H groups in total. The van der Waals surface area contributed by atoms with Crippen molar-refractivity contribution in [1.29, 1.82) is 5.41 Å². The number of nitrogens with one attached hydrogen (secondary N) is 3. The van der Waals surface area contributed by atoms with Gasteiger partial charge in [-0.05, 0) is 44.0 Å². The van der Waals surface area contributed by atoms with Crippen LogP contribution in [0.4, 0.5) is 0 Å². The number of hydrogen-bond donors (Lipinski definition) is 3. The molecule has 9 heteroatoms. The lowest BCUT2D eigenvalue weighted by molar-refractivity contribution is -0.152. The number of aromatic nitrogens is 1. The van der Waals surface area contributed by atoms with E-state index >= 15 is 0 Å². The lowest BCUT2D eigenvalue weighted by Gasteiger charge is -2.22. The maximum atomic E-state index is 12.9. The molecule has 2 atom stereocenters. The number of esters is 1. The van der Waals surface area contributed by atoms with Gasteiger partial charge < -0.3 is 29.9 Å². The molecule has 2 aromatic rings. The van der Waals surface area contributed by atoms with E-state index in [2.05, 4.69) is 10.3 Å². The molecule has 1 amide bonds. The fourth-order valence-electron chi connectivity index (χ4n) is 3.12. The Balaban J connectivity index is 2.15. The predicted molar refractivity (Wildman–Crippen MR) is 116 cm³/mol. The van der Waals surface area contributed by atoms with Gasteiger partial charge in [0.15, 0.2) is 5.78 Å². The van der Waals surface area contributed by atoms with Crippen molar-refractivity contribution in [1.82, 2.24) is 10.3 Å². The van der Waals surface area contributed by atoms with Crippen molar-refractivity contribution in [2.75, 3.05) is 14.2 Å². The molecule has 0 bridgehead atoms. The van der Waals surface area contributed by atoms with Crippen LogP contribution in [0.15, 0.2) is 24.4 Å². The summed E-state index contributed by atoms with van der Waals surface area (Å²) in [4.78, 5) is 39.9. The third-order valence-electron chi connectivity index (χ3n) is 4.75. The van der Waals surface area contributed by atoms with Crippen molar-refractivity contribution < 1.29 is 28.6 Å². The van der Waals surface area contributed by atoms with Crippen molar-refractivity contribution >= 4 is 34.8 Å². The summed E-state index contributed by atoms with van der Waals surface area (Å²) in [6.45, 7) is 3.39. The number of amides is 1. The molecule has 0 radical (unpaired) electrons. The van der Waals surface area contributed by atoms with E-state index in [4.69, 9.17) is 19.6 Å². The van der Waals surface area contributed by atoms with E-state index < -0.39 is 29.8 Å². The smallest absolute Gasteiger partial charge is 0.328 e. The number of fused-ring (bicyclic) bond motifs is 1. The first-order valence-electron chi connectivity index (χ1n) is 10.00. The SMILES string of the molecule is COc1ccc2[nH]cc(C[C@H](OC)C(=O)N[C@@H](CCC(=O)C=N)C(=O)OC(C)C)c2c1. The summed E-state index contributed by atoms with van der Waals surface area (Å²) in [7, 11) is 3.00. The Morgan fingerprint density at radius 2 is 1.97 bits per heavy atom. The Hall–Kier alpha value is -3.20. The second kappa shape index (κ2) is 11.3. The van der Waals surface area contributed by atoms with Crippen molar-refractivity contribution in [2.45, 2.75) is 51.4 Å². The molecular weight excluding hydrogens is 402 g/mol. The summed E-state index contributed by atoms with van der Waals surface area (Å²) < 4.78 is 15.9. The Kier molecular flexibility index (Phi) is 8.75. The van der Waals surface area contributed by atoms with E-state index in [1.807, 2.05) is 18.2 Å². The van der Waals surface area contributed by atoms with Crippen LogP contribution < -0.4 is 10.1 Å². The molecule has 0 saturated heterocycles. The van der Waals surface area contributed by atoms with E-state index in [0.717, 1.165) is 16.5 Å². The van der Waals surface area contributed by atoms with Crippen LogP contribution in [0.2, 0.25) is 0 Å². The maximum Gasteiger partial charge on any atom is 0.328 e. The largest absolute Gasteiger partial charge is 0.497 e. The summed E-state index contributed by atoms with van der Waals surface area (Å²) in [6.07, 6.45) is 1.50. The number of H-pyrrole nitrogens is 1. The molecule has 0 unspecified atom stereocenters. The van der Waals surface area contributed by atoms with E-state index in [9.17, 15) is 14.4 Å². The normalized spacial score (nSPS) is 12.9. The molecule has 1 heterocycles. The van der Waals surface area contributed by atoms with Gasteiger partial charge in [0.2, 0.25) is 5.91 Å². The fourth-order valence-corrected chi connectivity index (χ4v) is 3.12. The third kappa shape index (κ3) is 6.65. The highest BCUT2D eigenvalue weighted by Crippen LogP contribution is 2.25. The Labute approximate surface area is 180 Å². The Morgan fingerprint density at radius 1 is 1.23 bits per heavy atom. The van der Waals surface area contributed by atoms with E-state index in [0.29, 0.717) is 12.0 Å². The number of aromatic amines is 1. The van der Waals surface area contributed by atoms with Gasteiger partial charge in [-0.1, -0.05) is 0 Å². The zero-order valence-corrected chi connectivity index (χ0v) is 18.2. The minimum atomic E-state index is -1.01. The summed E-state index contributed by atoms with van der Waals surface area (Å²) >= 11 is 0. The third-order valence-corrected chi connectivity index (χ3v) is 4.75. The van der Waals surface area contributed by atoms with Crippen LogP contribution in [0.25, 0.3) is 10.9 Å². The molecule has 9 nitrogen and oxygen atoms in total. The monoisotopic (exact) mass is 431 g/mol. The van der Waals surface area contributed by atoms with Crippen molar-refractivity contribution in [3.63, 3.8) is 0 Å². The molecule has 0 aliphatic carbocycles. The van der Waals surface area contributed by atoms with Gasteiger partial charge in [-0.2, -0.15) is 0 Å². The number of ether oxygens (including phenoxy) is 3. The van der Waals surface area contributed by atoms with Crippen molar-refractivity contribution in [2.24, 2.45) is 0 Å². The van der Waals surface area contributed by atoms with Crippen LogP contribution in [0.3, 0.4) is 0 Å². The van der Waals surface area contributed by atoms with Crippen LogP contribution in [-0.2, 0) is 30.3 Å². The summed E-state index contributed by atoms with van der Waals surface area (Å²) in [5.41, 5.74) is 1.76. The first kappa shape index (κ1) is 24.1. The number of Topliss-reactive ketones (excluding diaryl/α,β-unsaturated/α-hetero) is 1. The Bertz CT molecular complexity index is 936. The Morgan fingerprint density at radius 3 is 2.58 bits per heavy atom. The van der Waals surface area contributed by atoms with Gasteiger partial charge in [0.1, 0.15) is 17.9 Å². The number of benzene rings is 1. The number of carbonyl (C=O) groups excluding carboxylic acids is 3. The van der Waals surface area contributed by atoms with Gasteiger partial charge in [-0.15, -0.1) is 0 Å². The first-order chi connectivity index (χ1) is 14.8. The highest BCUT2D eigenvalue weighted by Gasteiger charge is 2.28. The van der Waals surface area contributed by atoms with Crippen LogP contribution in [-0.4, -0.2) is 61.3 Å². The summed E-state index contributed by atoms with van der Waals surface area (Å²) in [6, 6.07) is 4.58. The van der Waals surface area contributed by atoms with E-state index in [1.165, 1.54) is 7.11 Å². The average molecular weight is 431 g/mol. The van der Waals surface area contributed by atoms with Crippen LogP contribution in [0, 0.1) is 5.41 Å². The summed E-state index contributed by atoms with van der Waals surface area (Å²) in [5, 5.41) is 10.5. The first-order valence-corrected chi connectivity index (χ1v) is 10.00. The van der Waals surface area contributed by atoms with Gasteiger partial charge in [0.25, 0.3) is 0 Å². The molecule has 0 spiro atoms. The molecule has 0 aliphatic heterocycles. The lowest BCUT2D eigenvalue weighted by atomic mass is 10.0. The van der Waals surface area contributed by atoms with Crippen LogP contribution in [0.1, 0.15) is 32.3 Å². The maximum absolute atomic E-state index is 12.9. The van der Waals surface area contributed by atoms with E-state index in [1.54, 1.807) is 27.2 Å². The quantitative estimate of drug-likeness (QED) is 0.349. The molecule has 168 valence electrons. The molecule has 1 aromatic carbocycles. The van der Waals surface area contributed by atoms with Gasteiger partial charge in [0, 0.05) is 37.1 Å². The molecular formula is C22H29N3O6. The molecule has 0 aliphatic rings. The molecule has 0 fully saturated rings. The zero-order valence-electron chi connectivity index (χ0n) is 18.2. The second-order valence-corrected chi connectivity index (χ2v) is 7.35. The zero-order chi connectivity index (χ0) is 23.0. The minimum Gasteiger partial charge on any atom is -0.497 e. The molecule has 2 rings (SSSR count). The van der Waals surface area contributed by atoms with Crippen LogP contribution >= 0.6 is 0 Å². The van der Waals surface area contributed by atoms with Gasteiger partial charge in [-0.25, -0.2) is 4.79 Å². The molecule has 31 heavy (non-hydrogen) atoms. The molecule has 0 saturated carbocycles. The number of methoxy groups -OCH3 is 2. The number of ketones is 1. The lowest BCUT2D eigenvalue weighted by Crippen LogP contribution is -2.48. The van der Waals surface area contributed by atoms with Crippen LogP contribution in [0.5, 0.6) is 5.75 Å². The average Bonchev–Trinajstić information content (AvgIpc) is 3.15. The number of rotatable bonds is 12. The van der Waals surface area contributed by atoms with Crippen molar-refractivity contribution in [3.05, 3.63) is 30.0 Å². The highest BCUT2D eigenvalue weighted by atomic mass is 16.5. The van der Waals surface area contributed by atoms with Gasteiger partial charge >= 0.3 is 5.97 Å². The van der Waals surface area contributed by atoms with E-state index in [-0.39, 0.29) is 25.4 Å². The predicted octanol–water partition coefficient (Wildman–Crippen LogP) is 2.17. The van der Waals surface area contributed by atoms with Gasteiger partial charge in [0.05, 0.1) is 19.4 Å². The fraction of sp³-hybridized carbons (Fsp3) is 0.455. The van der Waals surface area contributed by atoms with Gasteiger partial charge in [-0.3, -0.25) is 9.59 Å². The molecule has 1 aromatic heterocycles. The highest BCUT2D eigenvalue weighted by molar-refractivity contribution is 6.26. The number of hydrogen-bond acceptors (Lipinski definition) is 7. The second-order valence-electron chi connectivity index (χ2n) is 7.35. The minimum absolute atomic E-state index is 0.0340. The standard InChI is InChI=1S/C22H29N3O6/c1-13(2)31-22(28)19(7-5-15(26)11-23)25-21(27)20(30-4)9-14-12-24-18-8-6-16(29-3)10-17(14)18/h6,8,10-13,19-20,23-24H,5,7,9H2,1-4H3,(H,25,27)/t19-,20-/m0/s1. The summed E-state index contributed by atoms with van der Waals surface area (Å²) in [5.74, 6) is -0.868. The topological polar surface area (TPSA) is 131 Å². The van der Waals surface area contributed by atoms with Crippen molar-refractivity contribution in [3.8, 4) is 5.75 Å².